The zero-order chi connectivity index (χ0) is 11.5. The summed E-state index contributed by atoms with van der Waals surface area (Å²) >= 11 is 3.53. The number of carbonyl (C=O) groups is 1. The Bertz CT molecular complexity index is 393. The molecule has 2 rings (SSSR count). The lowest BCUT2D eigenvalue weighted by atomic mass is 10.2. The molecule has 1 amide bonds. The number of nitrogens with zero attached hydrogens (tertiary/aromatic N) is 1. The molecule has 0 aromatic carbocycles. The summed E-state index contributed by atoms with van der Waals surface area (Å²) in [5, 5.41) is 12.2. The quantitative estimate of drug-likeness (QED) is 0.827. The van der Waals surface area contributed by atoms with Gasteiger partial charge in [0.1, 0.15) is 5.75 Å². The van der Waals surface area contributed by atoms with E-state index < -0.39 is 0 Å². The first-order valence-corrected chi connectivity index (χ1v) is 6.15. The molecule has 1 aromatic heterocycles. The molecule has 1 aromatic rings. The zero-order valence-corrected chi connectivity index (χ0v) is 10.3. The molecule has 16 heavy (non-hydrogen) atoms. The second kappa shape index (κ2) is 4.82. The van der Waals surface area contributed by atoms with Crippen LogP contribution in [0.3, 0.4) is 0 Å². The Hall–Kier alpha value is -1.10. The number of hydrogen-bond donors (Lipinski definition) is 2. The Morgan fingerprint density at radius 3 is 3.06 bits per heavy atom. The number of alkyl halides is 1. The van der Waals surface area contributed by atoms with Crippen molar-refractivity contribution >= 4 is 21.8 Å². The van der Waals surface area contributed by atoms with Crippen LogP contribution in [0.5, 0.6) is 5.75 Å². The molecule has 4 nitrogen and oxygen atoms in total. The average molecular weight is 285 g/mol. The largest absolute Gasteiger partial charge is 0.505 e. The van der Waals surface area contributed by atoms with E-state index in [-0.39, 0.29) is 17.2 Å². The Balaban J connectivity index is 1.90. The van der Waals surface area contributed by atoms with Gasteiger partial charge < -0.3 is 10.4 Å². The molecule has 1 heterocycles. The highest BCUT2D eigenvalue weighted by molar-refractivity contribution is 9.09. The van der Waals surface area contributed by atoms with Crippen molar-refractivity contribution in [1.29, 1.82) is 0 Å². The number of rotatable bonds is 4. The highest BCUT2D eigenvalue weighted by Crippen LogP contribution is 2.36. The number of hydrogen-bond acceptors (Lipinski definition) is 3. The standard InChI is InChI=1S/C11H13BrN2O2/c12-9(7-1-2-7)5-14-11(16)8-3-4-13-6-10(8)15/h3-4,6-7,9,15H,1-2,5H2,(H,14,16). The Kier molecular flexibility index (Phi) is 3.43. The van der Waals surface area contributed by atoms with Gasteiger partial charge in [-0.1, -0.05) is 15.9 Å². The predicted molar refractivity (Wildman–Crippen MR) is 63.7 cm³/mol. The van der Waals surface area contributed by atoms with Crippen LogP contribution in [0.2, 0.25) is 0 Å². The summed E-state index contributed by atoms with van der Waals surface area (Å²) in [5.74, 6) is 0.342. The number of pyridine rings is 1. The second-order valence-corrected chi connectivity index (χ2v) is 5.13. The molecule has 0 aliphatic heterocycles. The van der Waals surface area contributed by atoms with Gasteiger partial charge in [0.05, 0.1) is 11.8 Å². The maximum absolute atomic E-state index is 11.7. The number of aromatic nitrogens is 1. The summed E-state index contributed by atoms with van der Waals surface area (Å²) in [4.78, 5) is 15.7. The molecular weight excluding hydrogens is 272 g/mol. The monoisotopic (exact) mass is 284 g/mol. The number of halogens is 1. The SMILES string of the molecule is O=C(NCC(Br)C1CC1)c1ccncc1O. The molecular formula is C11H13BrN2O2. The molecule has 1 unspecified atom stereocenters. The van der Waals surface area contributed by atoms with Crippen LogP contribution in [0.25, 0.3) is 0 Å². The molecule has 5 heteroatoms. The van der Waals surface area contributed by atoms with E-state index in [1.807, 2.05) is 0 Å². The predicted octanol–water partition coefficient (Wildman–Crippen LogP) is 1.69. The van der Waals surface area contributed by atoms with Crippen molar-refractivity contribution in [2.24, 2.45) is 5.92 Å². The maximum atomic E-state index is 11.7. The normalized spacial score (nSPS) is 16.8. The number of carbonyl (C=O) groups excluding carboxylic acids is 1. The van der Waals surface area contributed by atoms with Crippen LogP contribution in [0.1, 0.15) is 23.2 Å². The van der Waals surface area contributed by atoms with E-state index in [1.54, 1.807) is 0 Å². The smallest absolute Gasteiger partial charge is 0.255 e. The lowest BCUT2D eigenvalue weighted by Crippen LogP contribution is -2.30. The van der Waals surface area contributed by atoms with Gasteiger partial charge in [-0.25, -0.2) is 0 Å². The first kappa shape index (κ1) is 11.4. The van der Waals surface area contributed by atoms with E-state index in [0.717, 1.165) is 0 Å². The fourth-order valence-electron chi connectivity index (χ4n) is 1.49. The fraction of sp³-hybridized carbons (Fsp3) is 0.455. The van der Waals surface area contributed by atoms with Crippen molar-refractivity contribution in [3.05, 3.63) is 24.0 Å². The van der Waals surface area contributed by atoms with Gasteiger partial charge in [-0.3, -0.25) is 9.78 Å². The highest BCUT2D eigenvalue weighted by atomic mass is 79.9. The molecule has 1 aliphatic carbocycles. The molecule has 0 radical (unpaired) electrons. The summed E-state index contributed by atoms with van der Waals surface area (Å²) in [6.07, 6.45) is 5.21. The summed E-state index contributed by atoms with van der Waals surface area (Å²) in [6.45, 7) is 0.589. The first-order chi connectivity index (χ1) is 7.68. The first-order valence-electron chi connectivity index (χ1n) is 5.23. The molecule has 0 spiro atoms. The number of amides is 1. The summed E-state index contributed by atoms with van der Waals surface area (Å²) in [5.41, 5.74) is 0.269. The van der Waals surface area contributed by atoms with Gasteiger partial charge in [0, 0.05) is 17.6 Å². The van der Waals surface area contributed by atoms with E-state index in [0.29, 0.717) is 17.3 Å². The lowest BCUT2D eigenvalue weighted by Gasteiger charge is -2.10. The van der Waals surface area contributed by atoms with E-state index in [2.05, 4.69) is 26.2 Å². The third kappa shape index (κ3) is 2.72. The van der Waals surface area contributed by atoms with Crippen LogP contribution in [0, 0.1) is 5.92 Å². The number of nitrogens with one attached hydrogen (secondary N) is 1. The van der Waals surface area contributed by atoms with Gasteiger partial charge in [0.25, 0.3) is 5.91 Å². The van der Waals surface area contributed by atoms with Crippen LogP contribution in [0.15, 0.2) is 18.5 Å². The Morgan fingerprint density at radius 1 is 1.69 bits per heavy atom. The van der Waals surface area contributed by atoms with Crippen molar-refractivity contribution in [3.63, 3.8) is 0 Å². The summed E-state index contributed by atoms with van der Waals surface area (Å²) in [7, 11) is 0. The van der Waals surface area contributed by atoms with Crippen LogP contribution < -0.4 is 5.32 Å². The number of aromatic hydroxyl groups is 1. The summed E-state index contributed by atoms with van der Waals surface area (Å²) < 4.78 is 0. The molecule has 1 atom stereocenters. The van der Waals surface area contributed by atoms with Gasteiger partial charge in [-0.2, -0.15) is 0 Å². The van der Waals surface area contributed by atoms with Crippen molar-refractivity contribution in [2.75, 3.05) is 6.54 Å². The van der Waals surface area contributed by atoms with Gasteiger partial charge in [-0.15, -0.1) is 0 Å². The molecule has 0 bridgehead atoms. The topological polar surface area (TPSA) is 62.2 Å². The molecule has 1 fully saturated rings. The van der Waals surface area contributed by atoms with Gasteiger partial charge in [0.15, 0.2) is 0 Å². The third-order valence-corrected chi connectivity index (χ3v) is 3.71. The lowest BCUT2D eigenvalue weighted by molar-refractivity contribution is 0.0950. The third-order valence-electron chi connectivity index (χ3n) is 2.64. The molecule has 2 N–H and O–H groups in total. The second-order valence-electron chi connectivity index (χ2n) is 3.96. The van der Waals surface area contributed by atoms with Crippen molar-refractivity contribution in [2.45, 2.75) is 17.7 Å². The van der Waals surface area contributed by atoms with Crippen molar-refractivity contribution in [1.82, 2.24) is 10.3 Å². The maximum Gasteiger partial charge on any atom is 0.255 e. The molecule has 0 saturated heterocycles. The molecule has 1 saturated carbocycles. The van der Waals surface area contributed by atoms with Crippen molar-refractivity contribution < 1.29 is 9.90 Å². The van der Waals surface area contributed by atoms with E-state index in [1.165, 1.54) is 31.3 Å². The van der Waals surface area contributed by atoms with E-state index in [4.69, 9.17) is 0 Å². The van der Waals surface area contributed by atoms with E-state index in [9.17, 15) is 9.90 Å². The summed E-state index contributed by atoms with van der Waals surface area (Å²) in [6, 6.07) is 1.50. The molecule has 86 valence electrons. The van der Waals surface area contributed by atoms with Crippen LogP contribution >= 0.6 is 15.9 Å². The van der Waals surface area contributed by atoms with Crippen molar-refractivity contribution in [3.8, 4) is 5.75 Å². The Labute approximate surface area is 102 Å². The van der Waals surface area contributed by atoms with Gasteiger partial charge in [-0.05, 0) is 24.8 Å². The minimum absolute atomic E-state index is 0.0856. The van der Waals surface area contributed by atoms with Crippen LogP contribution in [-0.4, -0.2) is 27.4 Å². The fourth-order valence-corrected chi connectivity index (χ4v) is 2.18. The van der Waals surface area contributed by atoms with Crippen LogP contribution in [-0.2, 0) is 0 Å². The average Bonchev–Trinajstić information content (AvgIpc) is 3.10. The zero-order valence-electron chi connectivity index (χ0n) is 8.69. The minimum Gasteiger partial charge on any atom is -0.505 e. The highest BCUT2D eigenvalue weighted by Gasteiger charge is 2.29. The Morgan fingerprint density at radius 2 is 2.44 bits per heavy atom. The van der Waals surface area contributed by atoms with Gasteiger partial charge in [0.2, 0.25) is 0 Å². The van der Waals surface area contributed by atoms with Crippen LogP contribution in [0.4, 0.5) is 0 Å². The molecule has 1 aliphatic rings. The van der Waals surface area contributed by atoms with Gasteiger partial charge >= 0.3 is 0 Å². The minimum atomic E-state index is -0.259. The van der Waals surface area contributed by atoms with E-state index >= 15 is 0 Å².